The number of benzene rings is 1. The second-order valence-electron chi connectivity index (χ2n) is 5.05. The largest absolute Gasteiger partial charge is 0.481 e. The van der Waals surface area contributed by atoms with Crippen molar-refractivity contribution in [3.05, 3.63) is 35.1 Å². The lowest BCUT2D eigenvalue weighted by Crippen LogP contribution is -2.26. The normalized spacial score (nSPS) is 10.6. The average molecular weight is 369 g/mol. The zero-order valence-corrected chi connectivity index (χ0v) is 14.6. The molecule has 0 spiro atoms. The minimum absolute atomic E-state index is 0.0376. The number of carboxylic acid groups (broad SMARTS) is 1. The number of carbonyl (C=O) groups is 2. The van der Waals surface area contributed by atoms with Crippen LogP contribution in [0.1, 0.15) is 18.4 Å². The summed E-state index contributed by atoms with van der Waals surface area (Å²) in [4.78, 5) is 22.2. The standard InChI is InChI=1S/C15H17ClN4O3S/c1-10-4-5-11(7-12(10)16)20-9-18-19-15(20)24-8-13(21)17-6-2-3-14(22)23/h4-5,7,9H,2-3,6,8H2,1H3,(H,17,21)(H,22,23). The first-order valence-electron chi connectivity index (χ1n) is 7.25. The van der Waals surface area contributed by atoms with E-state index in [1.54, 1.807) is 10.9 Å². The van der Waals surface area contributed by atoms with E-state index in [0.717, 1.165) is 11.3 Å². The fourth-order valence-corrected chi connectivity index (χ4v) is 2.81. The predicted octanol–water partition coefficient (Wildman–Crippen LogP) is 2.30. The highest BCUT2D eigenvalue weighted by Gasteiger charge is 2.11. The number of amides is 1. The van der Waals surface area contributed by atoms with Crippen molar-refractivity contribution >= 4 is 35.2 Å². The number of carbonyl (C=O) groups excluding carboxylic acids is 1. The van der Waals surface area contributed by atoms with Crippen LogP contribution in [-0.2, 0) is 9.59 Å². The molecular weight excluding hydrogens is 352 g/mol. The molecule has 7 nitrogen and oxygen atoms in total. The van der Waals surface area contributed by atoms with Crippen LogP contribution < -0.4 is 5.32 Å². The Bertz CT molecular complexity index is 735. The van der Waals surface area contributed by atoms with Gasteiger partial charge in [0.25, 0.3) is 0 Å². The molecule has 1 heterocycles. The van der Waals surface area contributed by atoms with Gasteiger partial charge in [-0.3, -0.25) is 14.2 Å². The summed E-state index contributed by atoms with van der Waals surface area (Å²) in [6.07, 6.45) is 2.01. The first-order valence-corrected chi connectivity index (χ1v) is 8.61. The molecule has 24 heavy (non-hydrogen) atoms. The van der Waals surface area contributed by atoms with E-state index >= 15 is 0 Å². The highest BCUT2D eigenvalue weighted by molar-refractivity contribution is 7.99. The van der Waals surface area contributed by atoms with Crippen molar-refractivity contribution in [2.75, 3.05) is 12.3 Å². The Hall–Kier alpha value is -2.06. The molecule has 1 aromatic heterocycles. The third-order valence-corrected chi connectivity index (χ3v) is 4.52. The summed E-state index contributed by atoms with van der Waals surface area (Å²) >= 11 is 7.39. The SMILES string of the molecule is Cc1ccc(-n2cnnc2SCC(=O)NCCCC(=O)O)cc1Cl. The van der Waals surface area contributed by atoms with Crippen molar-refractivity contribution in [3.63, 3.8) is 0 Å². The maximum Gasteiger partial charge on any atom is 0.303 e. The third kappa shape index (κ3) is 5.24. The molecule has 0 aliphatic rings. The number of rotatable bonds is 8. The van der Waals surface area contributed by atoms with Crippen LogP contribution in [0.15, 0.2) is 29.7 Å². The highest BCUT2D eigenvalue weighted by atomic mass is 35.5. The maximum atomic E-state index is 11.8. The Morgan fingerprint density at radius 3 is 2.92 bits per heavy atom. The summed E-state index contributed by atoms with van der Waals surface area (Å²) in [6.45, 7) is 2.26. The van der Waals surface area contributed by atoms with Crippen LogP contribution in [0.2, 0.25) is 5.02 Å². The van der Waals surface area contributed by atoms with Crippen molar-refractivity contribution in [2.45, 2.75) is 24.9 Å². The van der Waals surface area contributed by atoms with Gasteiger partial charge in [-0.05, 0) is 31.0 Å². The minimum atomic E-state index is -0.872. The number of nitrogens with one attached hydrogen (secondary N) is 1. The molecule has 0 unspecified atom stereocenters. The van der Waals surface area contributed by atoms with Gasteiger partial charge in [0.2, 0.25) is 5.91 Å². The zero-order chi connectivity index (χ0) is 17.5. The van der Waals surface area contributed by atoms with E-state index < -0.39 is 5.97 Å². The molecule has 0 bridgehead atoms. The van der Waals surface area contributed by atoms with Gasteiger partial charge >= 0.3 is 5.97 Å². The number of halogens is 1. The molecule has 1 amide bonds. The number of hydrogen-bond donors (Lipinski definition) is 2. The van der Waals surface area contributed by atoms with Crippen LogP contribution in [0.3, 0.4) is 0 Å². The van der Waals surface area contributed by atoms with Crippen LogP contribution in [0.4, 0.5) is 0 Å². The van der Waals surface area contributed by atoms with Gasteiger partial charge in [-0.1, -0.05) is 29.4 Å². The summed E-state index contributed by atoms with van der Waals surface area (Å²) in [5.74, 6) is -0.879. The van der Waals surface area contributed by atoms with Gasteiger partial charge in [-0.25, -0.2) is 0 Å². The minimum Gasteiger partial charge on any atom is -0.481 e. The Morgan fingerprint density at radius 1 is 1.42 bits per heavy atom. The van der Waals surface area contributed by atoms with Crippen molar-refractivity contribution in [3.8, 4) is 5.69 Å². The first-order chi connectivity index (χ1) is 11.5. The van der Waals surface area contributed by atoms with Crippen molar-refractivity contribution in [2.24, 2.45) is 0 Å². The van der Waals surface area contributed by atoms with Gasteiger partial charge in [-0.15, -0.1) is 10.2 Å². The second-order valence-corrected chi connectivity index (χ2v) is 6.40. The van der Waals surface area contributed by atoms with E-state index in [4.69, 9.17) is 16.7 Å². The third-order valence-electron chi connectivity index (χ3n) is 3.17. The molecule has 2 aromatic rings. The lowest BCUT2D eigenvalue weighted by Gasteiger charge is -2.08. The van der Waals surface area contributed by atoms with Gasteiger partial charge in [0, 0.05) is 18.0 Å². The molecule has 9 heteroatoms. The van der Waals surface area contributed by atoms with Crippen LogP contribution in [0, 0.1) is 6.92 Å². The molecule has 0 atom stereocenters. The van der Waals surface area contributed by atoms with Gasteiger partial charge < -0.3 is 10.4 Å². The monoisotopic (exact) mass is 368 g/mol. The molecular formula is C15H17ClN4O3S. The van der Waals surface area contributed by atoms with E-state index in [2.05, 4.69) is 15.5 Å². The molecule has 0 radical (unpaired) electrons. The fourth-order valence-electron chi connectivity index (χ4n) is 1.88. The molecule has 1 aromatic carbocycles. The summed E-state index contributed by atoms with van der Waals surface area (Å²) in [6, 6.07) is 5.62. The molecule has 0 aliphatic carbocycles. The lowest BCUT2D eigenvalue weighted by molar-refractivity contribution is -0.137. The lowest BCUT2D eigenvalue weighted by atomic mass is 10.2. The molecule has 0 saturated carbocycles. The number of aromatic nitrogens is 3. The molecule has 2 N–H and O–H groups in total. The molecule has 128 valence electrons. The summed E-state index contributed by atoms with van der Waals surface area (Å²) in [5.41, 5.74) is 1.79. The number of aryl methyl sites for hydroxylation is 1. The van der Waals surface area contributed by atoms with Crippen LogP contribution in [0.5, 0.6) is 0 Å². The Kier molecular flexibility index (Phi) is 6.62. The van der Waals surface area contributed by atoms with Crippen LogP contribution in [-0.4, -0.2) is 44.0 Å². The average Bonchev–Trinajstić information content (AvgIpc) is 3.00. The predicted molar refractivity (Wildman–Crippen MR) is 91.7 cm³/mol. The van der Waals surface area contributed by atoms with E-state index in [0.29, 0.717) is 23.1 Å². The first kappa shape index (κ1) is 18.3. The van der Waals surface area contributed by atoms with Gasteiger partial charge in [0.15, 0.2) is 5.16 Å². The van der Waals surface area contributed by atoms with E-state index in [1.165, 1.54) is 11.8 Å². The van der Waals surface area contributed by atoms with E-state index in [1.807, 2.05) is 25.1 Å². The van der Waals surface area contributed by atoms with Crippen LogP contribution >= 0.6 is 23.4 Å². The Labute approximate surface area is 148 Å². The van der Waals surface area contributed by atoms with E-state index in [9.17, 15) is 9.59 Å². The molecule has 0 aliphatic heterocycles. The summed E-state index contributed by atoms with van der Waals surface area (Å²) in [7, 11) is 0. The number of nitrogens with zero attached hydrogens (tertiary/aromatic N) is 3. The fraction of sp³-hybridized carbons (Fsp3) is 0.333. The zero-order valence-electron chi connectivity index (χ0n) is 13.0. The van der Waals surface area contributed by atoms with Crippen LogP contribution in [0.25, 0.3) is 5.69 Å². The molecule has 2 rings (SSSR count). The van der Waals surface area contributed by atoms with Crippen molar-refractivity contribution in [1.29, 1.82) is 0 Å². The number of aliphatic carboxylic acids is 1. The smallest absolute Gasteiger partial charge is 0.303 e. The van der Waals surface area contributed by atoms with Gasteiger partial charge in [0.05, 0.1) is 11.4 Å². The second kappa shape index (κ2) is 8.70. The topological polar surface area (TPSA) is 97.1 Å². The number of thioether (sulfide) groups is 1. The summed E-state index contributed by atoms with van der Waals surface area (Å²) in [5, 5.41) is 20.3. The Morgan fingerprint density at radius 2 is 2.21 bits per heavy atom. The number of hydrogen-bond acceptors (Lipinski definition) is 5. The summed E-state index contributed by atoms with van der Waals surface area (Å²) < 4.78 is 1.76. The highest BCUT2D eigenvalue weighted by Crippen LogP contribution is 2.23. The van der Waals surface area contributed by atoms with Gasteiger partial charge in [0.1, 0.15) is 6.33 Å². The van der Waals surface area contributed by atoms with E-state index in [-0.39, 0.29) is 18.1 Å². The van der Waals surface area contributed by atoms with Crippen molar-refractivity contribution in [1.82, 2.24) is 20.1 Å². The number of carboxylic acids is 1. The maximum absolute atomic E-state index is 11.8. The molecule has 0 saturated heterocycles. The quantitative estimate of drug-likeness (QED) is 0.548. The van der Waals surface area contributed by atoms with Gasteiger partial charge in [-0.2, -0.15) is 0 Å². The van der Waals surface area contributed by atoms with Crippen molar-refractivity contribution < 1.29 is 14.7 Å². The Balaban J connectivity index is 1.90. The molecule has 0 fully saturated rings.